The van der Waals surface area contributed by atoms with E-state index in [1.54, 1.807) is 0 Å². The van der Waals surface area contributed by atoms with Crippen molar-refractivity contribution >= 4 is 11.9 Å². The first kappa shape index (κ1) is 17.6. The molecule has 0 bridgehead atoms. The molecule has 0 spiro atoms. The highest BCUT2D eigenvalue weighted by atomic mass is 16.2. The summed E-state index contributed by atoms with van der Waals surface area (Å²) in [7, 11) is 0. The Kier molecular flexibility index (Phi) is 4.33. The zero-order valence-electron chi connectivity index (χ0n) is 15.9. The molecule has 3 atom stereocenters. The van der Waals surface area contributed by atoms with Crippen molar-refractivity contribution in [2.45, 2.75) is 59.9 Å². The van der Waals surface area contributed by atoms with Crippen LogP contribution in [0.3, 0.4) is 0 Å². The van der Waals surface area contributed by atoms with Crippen LogP contribution in [0.25, 0.3) is 0 Å². The van der Waals surface area contributed by atoms with E-state index in [-0.39, 0.29) is 17.4 Å². The fraction of sp³-hybridized carbons (Fsp3) is 0.895. The van der Waals surface area contributed by atoms with Gasteiger partial charge in [-0.2, -0.15) is 0 Å². The third-order valence-corrected chi connectivity index (χ3v) is 6.46. The van der Waals surface area contributed by atoms with E-state index in [1.165, 1.54) is 6.42 Å². The van der Waals surface area contributed by atoms with Crippen molar-refractivity contribution in [3.05, 3.63) is 0 Å². The highest BCUT2D eigenvalue weighted by Gasteiger charge is 2.63. The Morgan fingerprint density at radius 2 is 1.54 bits per heavy atom. The summed E-state index contributed by atoms with van der Waals surface area (Å²) in [4.78, 5) is 29.5. The Labute approximate surface area is 146 Å². The van der Waals surface area contributed by atoms with Crippen LogP contribution in [0.15, 0.2) is 0 Å². The highest BCUT2D eigenvalue weighted by molar-refractivity contribution is 5.88. The average molecular weight is 335 g/mol. The Balaban J connectivity index is 1.64. The molecule has 1 saturated carbocycles. The minimum absolute atomic E-state index is 0.0762. The minimum atomic E-state index is -0.451. The molecule has 3 amide bonds. The number of likely N-dealkylation sites (tertiary alicyclic amines) is 2. The maximum absolute atomic E-state index is 13.1. The van der Waals surface area contributed by atoms with Crippen LogP contribution in [0.5, 0.6) is 0 Å². The molecule has 136 valence electrons. The van der Waals surface area contributed by atoms with E-state index in [1.807, 2.05) is 30.6 Å². The number of rotatable bonds is 2. The number of amides is 3. The van der Waals surface area contributed by atoms with Crippen molar-refractivity contribution in [2.24, 2.45) is 22.7 Å². The van der Waals surface area contributed by atoms with Crippen molar-refractivity contribution in [1.29, 1.82) is 0 Å². The van der Waals surface area contributed by atoms with Gasteiger partial charge in [0.2, 0.25) is 5.91 Å². The highest BCUT2D eigenvalue weighted by Crippen LogP contribution is 2.62. The van der Waals surface area contributed by atoms with Gasteiger partial charge in [0.15, 0.2) is 0 Å². The smallest absolute Gasteiger partial charge is 0.318 e. The summed E-state index contributed by atoms with van der Waals surface area (Å²) in [5, 5.41) is 3.05. The van der Waals surface area contributed by atoms with E-state index in [9.17, 15) is 9.59 Å². The lowest BCUT2D eigenvalue weighted by atomic mass is 9.85. The van der Waals surface area contributed by atoms with Crippen LogP contribution in [0.2, 0.25) is 0 Å². The Hall–Kier alpha value is -1.26. The molecule has 5 heteroatoms. The van der Waals surface area contributed by atoms with Gasteiger partial charge in [-0.1, -0.05) is 34.6 Å². The van der Waals surface area contributed by atoms with E-state index < -0.39 is 6.04 Å². The van der Waals surface area contributed by atoms with E-state index >= 15 is 0 Å². The summed E-state index contributed by atoms with van der Waals surface area (Å²) >= 11 is 0. The molecule has 24 heavy (non-hydrogen) atoms. The molecule has 3 fully saturated rings. The third kappa shape index (κ3) is 3.14. The molecule has 2 heterocycles. The van der Waals surface area contributed by atoms with Crippen LogP contribution < -0.4 is 5.32 Å². The summed E-state index contributed by atoms with van der Waals surface area (Å²) in [5.41, 5.74) is 0.107. The van der Waals surface area contributed by atoms with Crippen molar-refractivity contribution in [1.82, 2.24) is 15.1 Å². The van der Waals surface area contributed by atoms with E-state index in [0.29, 0.717) is 17.3 Å². The standard InChI is InChI=1S/C19H33N3O2/c1-18(2,3)15(20-17(24)21-9-7-6-8-10-21)16(23)22-11-13-14(12-22)19(13,4)5/h13-15H,6-12H2,1-5H3,(H,20,24)/t13-,14+,15-/m1/s1. The molecular formula is C19H33N3O2. The predicted octanol–water partition coefficient (Wildman–Crippen LogP) is 2.71. The molecule has 2 aliphatic heterocycles. The molecule has 1 N–H and O–H groups in total. The molecule has 5 nitrogen and oxygen atoms in total. The average Bonchev–Trinajstić information content (AvgIpc) is 2.90. The Morgan fingerprint density at radius 1 is 1.00 bits per heavy atom. The van der Waals surface area contributed by atoms with Crippen LogP contribution in [0.4, 0.5) is 4.79 Å². The molecule has 0 radical (unpaired) electrons. The molecule has 1 aliphatic carbocycles. The molecule has 2 saturated heterocycles. The molecule has 0 aromatic rings. The first-order chi connectivity index (χ1) is 11.1. The van der Waals surface area contributed by atoms with Crippen molar-refractivity contribution in [3.63, 3.8) is 0 Å². The number of carbonyl (C=O) groups excluding carboxylic acids is 2. The fourth-order valence-electron chi connectivity index (χ4n) is 4.45. The third-order valence-electron chi connectivity index (χ3n) is 6.46. The van der Waals surface area contributed by atoms with Gasteiger partial charge < -0.3 is 15.1 Å². The van der Waals surface area contributed by atoms with Gasteiger partial charge in [-0.25, -0.2) is 4.79 Å². The van der Waals surface area contributed by atoms with Crippen LogP contribution >= 0.6 is 0 Å². The lowest BCUT2D eigenvalue weighted by Gasteiger charge is -2.36. The van der Waals surface area contributed by atoms with E-state index in [0.717, 1.165) is 39.0 Å². The number of piperidine rings is 2. The SMILES string of the molecule is CC(C)(C)[C@H](NC(=O)N1CCCCC1)C(=O)N1C[C@@H]2[C@H](C1)C2(C)C. The fourth-order valence-corrected chi connectivity index (χ4v) is 4.45. The minimum Gasteiger partial charge on any atom is -0.340 e. The van der Waals surface area contributed by atoms with Gasteiger partial charge in [-0.05, 0) is 41.9 Å². The van der Waals surface area contributed by atoms with Gasteiger partial charge in [0, 0.05) is 26.2 Å². The van der Waals surface area contributed by atoms with E-state index in [4.69, 9.17) is 0 Å². The number of carbonyl (C=O) groups is 2. The van der Waals surface area contributed by atoms with Crippen LogP contribution in [0.1, 0.15) is 53.9 Å². The normalized spacial score (nSPS) is 29.9. The molecular weight excluding hydrogens is 302 g/mol. The molecule has 0 unspecified atom stereocenters. The maximum Gasteiger partial charge on any atom is 0.318 e. The molecule has 3 rings (SSSR count). The van der Waals surface area contributed by atoms with Crippen molar-refractivity contribution in [2.75, 3.05) is 26.2 Å². The quantitative estimate of drug-likeness (QED) is 0.843. The van der Waals surface area contributed by atoms with Gasteiger partial charge >= 0.3 is 6.03 Å². The first-order valence-corrected chi connectivity index (χ1v) is 9.46. The zero-order valence-corrected chi connectivity index (χ0v) is 15.9. The number of hydrogen-bond donors (Lipinski definition) is 1. The summed E-state index contributed by atoms with van der Waals surface area (Å²) in [6.07, 6.45) is 3.32. The van der Waals surface area contributed by atoms with Crippen molar-refractivity contribution in [3.8, 4) is 0 Å². The number of nitrogens with one attached hydrogen (secondary N) is 1. The lowest BCUT2D eigenvalue weighted by Crippen LogP contribution is -2.57. The van der Waals surface area contributed by atoms with Crippen molar-refractivity contribution < 1.29 is 9.59 Å². The Morgan fingerprint density at radius 3 is 2.04 bits per heavy atom. The monoisotopic (exact) mass is 335 g/mol. The first-order valence-electron chi connectivity index (χ1n) is 9.46. The van der Waals surface area contributed by atoms with Gasteiger partial charge in [-0.15, -0.1) is 0 Å². The van der Waals surface area contributed by atoms with Crippen LogP contribution in [-0.4, -0.2) is 54.0 Å². The summed E-state index contributed by atoms with van der Waals surface area (Å²) in [6.45, 7) is 14.0. The topological polar surface area (TPSA) is 52.7 Å². The second-order valence-corrected chi connectivity index (χ2v) is 9.57. The maximum atomic E-state index is 13.1. The second-order valence-electron chi connectivity index (χ2n) is 9.57. The van der Waals surface area contributed by atoms with Gasteiger partial charge in [-0.3, -0.25) is 4.79 Å². The number of fused-ring (bicyclic) bond motifs is 1. The Bertz CT molecular complexity index is 503. The summed E-state index contributed by atoms with van der Waals surface area (Å²) in [6, 6.07) is -0.528. The number of hydrogen-bond acceptors (Lipinski definition) is 2. The molecule has 3 aliphatic rings. The number of nitrogens with zero attached hydrogens (tertiary/aromatic N) is 2. The predicted molar refractivity (Wildman–Crippen MR) is 94.5 cm³/mol. The molecule has 0 aromatic carbocycles. The second kappa shape index (κ2) is 5.92. The lowest BCUT2D eigenvalue weighted by molar-refractivity contribution is -0.135. The largest absolute Gasteiger partial charge is 0.340 e. The van der Waals surface area contributed by atoms with Gasteiger partial charge in [0.05, 0.1) is 0 Å². The van der Waals surface area contributed by atoms with Crippen LogP contribution in [-0.2, 0) is 4.79 Å². The number of urea groups is 1. The zero-order chi connectivity index (χ0) is 17.7. The summed E-state index contributed by atoms with van der Waals surface area (Å²) in [5.74, 6) is 1.37. The van der Waals surface area contributed by atoms with Crippen LogP contribution in [0, 0.1) is 22.7 Å². The van der Waals surface area contributed by atoms with Gasteiger partial charge in [0.25, 0.3) is 0 Å². The molecule has 0 aromatic heterocycles. The summed E-state index contributed by atoms with van der Waals surface area (Å²) < 4.78 is 0. The van der Waals surface area contributed by atoms with Gasteiger partial charge in [0.1, 0.15) is 6.04 Å². The van der Waals surface area contributed by atoms with E-state index in [2.05, 4.69) is 19.2 Å².